The fraction of sp³-hybridized carbons (Fsp3) is 0.545. The van der Waals surface area contributed by atoms with E-state index in [-0.39, 0.29) is 9.62 Å². The second-order valence-electron chi connectivity index (χ2n) is 5.07. The number of aliphatic hydroxyl groups excluding tert-OH is 1. The zero-order valence-electron chi connectivity index (χ0n) is 10.9. The topological polar surface area (TPSA) is 104 Å². The lowest BCUT2D eigenvalue weighted by Crippen LogP contribution is -2.36. The Morgan fingerprint density at radius 2 is 2.00 bits per heavy atom. The third kappa shape index (κ3) is 4.27. The molecule has 0 aromatic carbocycles. The fourth-order valence-electron chi connectivity index (χ4n) is 1.21. The van der Waals surface area contributed by atoms with Gasteiger partial charge in [0.2, 0.25) is 10.0 Å². The van der Waals surface area contributed by atoms with Crippen molar-refractivity contribution < 1.29 is 23.4 Å². The van der Waals surface area contributed by atoms with Crippen molar-refractivity contribution in [3.8, 4) is 0 Å². The second-order valence-corrected chi connectivity index (χ2v) is 8.15. The highest BCUT2D eigenvalue weighted by atomic mass is 32.2. The molecule has 0 aliphatic heterocycles. The van der Waals surface area contributed by atoms with Gasteiger partial charge in [-0.1, -0.05) is 20.8 Å². The molecular weight excluding hydrogens is 290 g/mol. The summed E-state index contributed by atoms with van der Waals surface area (Å²) in [5.74, 6) is -1.47. The van der Waals surface area contributed by atoms with Gasteiger partial charge in [-0.25, -0.2) is 17.9 Å². The third-order valence-electron chi connectivity index (χ3n) is 2.34. The number of hydrogen-bond acceptors (Lipinski definition) is 5. The Labute approximate surface area is 116 Å². The zero-order chi connectivity index (χ0) is 14.8. The van der Waals surface area contributed by atoms with E-state index >= 15 is 0 Å². The van der Waals surface area contributed by atoms with Gasteiger partial charge in [-0.15, -0.1) is 11.3 Å². The van der Waals surface area contributed by atoms with Gasteiger partial charge in [0.15, 0.2) is 6.10 Å². The van der Waals surface area contributed by atoms with Crippen LogP contribution >= 0.6 is 11.3 Å². The Hall–Kier alpha value is -0.960. The molecule has 0 saturated heterocycles. The number of thiophene rings is 1. The molecule has 0 bridgehead atoms. The van der Waals surface area contributed by atoms with E-state index < -0.39 is 28.6 Å². The smallest absolute Gasteiger partial charge is 0.333 e. The van der Waals surface area contributed by atoms with Crippen LogP contribution in [0.25, 0.3) is 0 Å². The number of carboxylic acids is 1. The molecule has 1 aromatic heterocycles. The van der Waals surface area contributed by atoms with E-state index in [1.165, 1.54) is 6.07 Å². The number of aliphatic carboxylic acids is 1. The Bertz CT molecular complexity index is 556. The molecule has 1 atom stereocenters. The molecule has 108 valence electrons. The first kappa shape index (κ1) is 16.1. The molecular formula is C11H17NO5S2. The number of carbonyl (C=O) groups is 1. The molecule has 0 amide bonds. The third-order valence-corrected chi connectivity index (χ3v) is 5.76. The molecule has 19 heavy (non-hydrogen) atoms. The number of sulfonamides is 1. The van der Waals surface area contributed by atoms with Crippen LogP contribution in [-0.2, 0) is 20.2 Å². The lowest BCUT2D eigenvalue weighted by molar-refractivity contribution is -0.146. The molecule has 0 radical (unpaired) electrons. The minimum Gasteiger partial charge on any atom is -0.479 e. The maximum atomic E-state index is 11.9. The molecule has 1 rings (SSSR count). The molecule has 1 aromatic rings. The lowest BCUT2D eigenvalue weighted by atomic mass is 9.95. The van der Waals surface area contributed by atoms with E-state index in [1.807, 2.05) is 20.8 Å². The number of aliphatic hydroxyl groups is 1. The van der Waals surface area contributed by atoms with Crippen LogP contribution in [0.4, 0.5) is 0 Å². The van der Waals surface area contributed by atoms with Crippen molar-refractivity contribution >= 4 is 27.3 Å². The number of nitrogens with one attached hydrogen (secondary N) is 1. The summed E-state index contributed by atoms with van der Waals surface area (Å²) in [6.45, 7) is 5.35. The Morgan fingerprint density at radius 1 is 1.42 bits per heavy atom. The van der Waals surface area contributed by atoms with Crippen molar-refractivity contribution in [1.29, 1.82) is 0 Å². The molecule has 0 aliphatic rings. The first-order valence-electron chi connectivity index (χ1n) is 5.55. The van der Waals surface area contributed by atoms with E-state index in [4.69, 9.17) is 10.2 Å². The molecule has 3 N–H and O–H groups in total. The average Bonchev–Trinajstić information content (AvgIpc) is 2.75. The molecule has 0 fully saturated rings. The molecule has 0 saturated carbocycles. The van der Waals surface area contributed by atoms with Gasteiger partial charge in [0, 0.05) is 11.4 Å². The van der Waals surface area contributed by atoms with Gasteiger partial charge in [0.1, 0.15) is 4.21 Å². The Balaban J connectivity index is 2.84. The summed E-state index contributed by atoms with van der Waals surface area (Å²) in [5, 5.41) is 17.5. The minimum absolute atomic E-state index is 0.106. The Kier molecular flexibility index (Phi) is 4.72. The molecule has 1 heterocycles. The van der Waals surface area contributed by atoms with E-state index in [2.05, 4.69) is 4.72 Å². The van der Waals surface area contributed by atoms with Crippen LogP contribution < -0.4 is 4.72 Å². The SMILES string of the molecule is CC(C)(C)c1ccc(S(=O)(=O)NCC(O)C(=O)O)s1. The van der Waals surface area contributed by atoms with Gasteiger partial charge in [-0.05, 0) is 17.5 Å². The van der Waals surface area contributed by atoms with Crippen molar-refractivity contribution in [2.45, 2.75) is 36.5 Å². The first-order valence-corrected chi connectivity index (χ1v) is 7.85. The van der Waals surface area contributed by atoms with Crippen molar-refractivity contribution in [2.24, 2.45) is 0 Å². The predicted molar refractivity (Wildman–Crippen MR) is 71.9 cm³/mol. The van der Waals surface area contributed by atoms with E-state index in [0.717, 1.165) is 16.2 Å². The highest BCUT2D eigenvalue weighted by Gasteiger charge is 2.23. The number of hydrogen-bond donors (Lipinski definition) is 3. The van der Waals surface area contributed by atoms with Crippen LogP contribution in [0.5, 0.6) is 0 Å². The van der Waals surface area contributed by atoms with Gasteiger partial charge in [-0.3, -0.25) is 0 Å². The van der Waals surface area contributed by atoms with Crippen LogP contribution in [0.3, 0.4) is 0 Å². The summed E-state index contributed by atoms with van der Waals surface area (Å²) in [6.07, 6.45) is -1.75. The summed E-state index contributed by atoms with van der Waals surface area (Å²) < 4.78 is 26.0. The van der Waals surface area contributed by atoms with Crippen LogP contribution in [-0.4, -0.2) is 37.2 Å². The fourth-order valence-corrected chi connectivity index (χ4v) is 3.66. The zero-order valence-corrected chi connectivity index (χ0v) is 12.5. The Morgan fingerprint density at radius 3 is 2.42 bits per heavy atom. The molecule has 1 unspecified atom stereocenters. The molecule has 0 spiro atoms. The van der Waals surface area contributed by atoms with Gasteiger partial charge in [0.05, 0.1) is 0 Å². The van der Waals surface area contributed by atoms with Crippen LogP contribution in [0.1, 0.15) is 25.6 Å². The lowest BCUT2D eigenvalue weighted by Gasteiger charge is -2.15. The summed E-state index contributed by atoms with van der Waals surface area (Å²) in [7, 11) is -3.78. The first-order chi connectivity index (χ1) is 8.54. The molecule has 0 aliphatic carbocycles. The summed E-state index contributed by atoms with van der Waals surface area (Å²) in [5.41, 5.74) is -0.154. The number of carboxylic acid groups (broad SMARTS) is 1. The highest BCUT2D eigenvalue weighted by Crippen LogP contribution is 2.31. The summed E-state index contributed by atoms with van der Waals surface area (Å²) >= 11 is 1.13. The summed E-state index contributed by atoms with van der Waals surface area (Å²) in [4.78, 5) is 11.3. The predicted octanol–water partition coefficient (Wildman–Crippen LogP) is 0.769. The van der Waals surface area contributed by atoms with Crippen LogP contribution in [0, 0.1) is 0 Å². The van der Waals surface area contributed by atoms with Crippen molar-refractivity contribution in [2.75, 3.05) is 6.54 Å². The van der Waals surface area contributed by atoms with E-state index in [0.29, 0.717) is 0 Å². The maximum absolute atomic E-state index is 11.9. The van der Waals surface area contributed by atoms with Gasteiger partial charge in [-0.2, -0.15) is 0 Å². The average molecular weight is 307 g/mol. The highest BCUT2D eigenvalue weighted by molar-refractivity contribution is 7.91. The normalized spacial score (nSPS) is 14.3. The van der Waals surface area contributed by atoms with Gasteiger partial charge in [0.25, 0.3) is 0 Å². The van der Waals surface area contributed by atoms with Crippen LogP contribution in [0.15, 0.2) is 16.3 Å². The van der Waals surface area contributed by atoms with Crippen molar-refractivity contribution in [3.63, 3.8) is 0 Å². The largest absolute Gasteiger partial charge is 0.479 e. The quantitative estimate of drug-likeness (QED) is 0.745. The van der Waals surface area contributed by atoms with E-state index in [1.54, 1.807) is 6.07 Å². The summed E-state index contributed by atoms with van der Waals surface area (Å²) in [6, 6.07) is 3.20. The van der Waals surface area contributed by atoms with Crippen molar-refractivity contribution in [1.82, 2.24) is 4.72 Å². The monoisotopic (exact) mass is 307 g/mol. The molecule has 8 heteroatoms. The van der Waals surface area contributed by atoms with Crippen LogP contribution in [0.2, 0.25) is 0 Å². The van der Waals surface area contributed by atoms with E-state index in [9.17, 15) is 13.2 Å². The molecule has 6 nitrogen and oxygen atoms in total. The van der Waals surface area contributed by atoms with Gasteiger partial charge < -0.3 is 10.2 Å². The van der Waals surface area contributed by atoms with Crippen molar-refractivity contribution in [3.05, 3.63) is 17.0 Å². The van der Waals surface area contributed by atoms with Gasteiger partial charge >= 0.3 is 5.97 Å². The minimum atomic E-state index is -3.78. The number of rotatable bonds is 5. The standard InChI is InChI=1S/C11H17NO5S2/c1-11(2,3)8-4-5-9(18-8)19(16,17)12-6-7(13)10(14)15/h4-5,7,12-13H,6H2,1-3H3,(H,14,15). The second kappa shape index (κ2) is 5.58. The maximum Gasteiger partial charge on any atom is 0.333 e.